The van der Waals surface area contributed by atoms with E-state index in [1.54, 1.807) is 0 Å². The van der Waals surface area contributed by atoms with Crippen LogP contribution in [-0.2, 0) is 0 Å². The van der Waals surface area contributed by atoms with E-state index in [1.165, 1.54) is 0 Å². The van der Waals surface area contributed by atoms with Crippen molar-refractivity contribution in [2.45, 2.75) is 12.3 Å². The molecule has 2 heteroatoms. The van der Waals surface area contributed by atoms with Gasteiger partial charge in [-0.1, -0.05) is 34.1 Å². The second kappa shape index (κ2) is 3.40. The average molecular weight is 220 g/mol. The highest BCUT2D eigenvalue weighted by Crippen LogP contribution is 2.26. The summed E-state index contributed by atoms with van der Waals surface area (Å²) in [6.45, 7) is 1.96. The lowest BCUT2D eigenvalue weighted by atomic mass is 10.2. The van der Waals surface area contributed by atoms with Gasteiger partial charge in [0.05, 0.1) is 5.38 Å². The highest BCUT2D eigenvalue weighted by molar-refractivity contribution is 9.10. The molecule has 1 aromatic carbocycles. The van der Waals surface area contributed by atoms with Crippen molar-refractivity contribution < 1.29 is 0 Å². The van der Waals surface area contributed by atoms with Crippen molar-refractivity contribution >= 4 is 27.5 Å². The summed E-state index contributed by atoms with van der Waals surface area (Å²) in [5.74, 6) is 0. The molecular formula is C8H8BrCl. The summed E-state index contributed by atoms with van der Waals surface area (Å²) >= 11 is 9.29. The van der Waals surface area contributed by atoms with Crippen LogP contribution < -0.4 is 0 Å². The Morgan fingerprint density at radius 2 is 2.00 bits per heavy atom. The van der Waals surface area contributed by atoms with Gasteiger partial charge in [0.2, 0.25) is 0 Å². The van der Waals surface area contributed by atoms with Crippen LogP contribution in [0.1, 0.15) is 17.9 Å². The third-order valence-corrected chi connectivity index (χ3v) is 2.29. The molecule has 0 bridgehead atoms. The lowest BCUT2D eigenvalue weighted by Crippen LogP contribution is -1.83. The summed E-state index contributed by atoms with van der Waals surface area (Å²) in [5.41, 5.74) is 1.14. The van der Waals surface area contributed by atoms with Gasteiger partial charge in [-0.15, -0.1) is 11.6 Å². The molecule has 0 saturated heterocycles. The van der Waals surface area contributed by atoms with Gasteiger partial charge in [-0.25, -0.2) is 0 Å². The largest absolute Gasteiger partial charge is 0.118 e. The van der Waals surface area contributed by atoms with Crippen LogP contribution in [0.25, 0.3) is 0 Å². The summed E-state index contributed by atoms with van der Waals surface area (Å²) in [5, 5.41) is 0.0792. The fourth-order valence-corrected chi connectivity index (χ4v) is 1.75. The number of hydrogen-bond donors (Lipinski definition) is 0. The van der Waals surface area contributed by atoms with Crippen LogP contribution in [0.4, 0.5) is 0 Å². The normalized spacial score (nSPS) is 13.1. The molecule has 1 rings (SSSR count). The molecule has 10 heavy (non-hydrogen) atoms. The molecule has 1 atom stereocenters. The fourth-order valence-electron chi connectivity index (χ4n) is 0.798. The summed E-state index contributed by atoms with van der Waals surface area (Å²) in [6.07, 6.45) is 0. The van der Waals surface area contributed by atoms with Gasteiger partial charge < -0.3 is 0 Å². The molecule has 0 aliphatic rings. The van der Waals surface area contributed by atoms with Gasteiger partial charge in [0.1, 0.15) is 0 Å². The van der Waals surface area contributed by atoms with E-state index in [2.05, 4.69) is 15.9 Å². The van der Waals surface area contributed by atoms with Gasteiger partial charge in [-0.2, -0.15) is 0 Å². The molecule has 1 unspecified atom stereocenters. The molecule has 0 nitrogen and oxygen atoms in total. The predicted octanol–water partition coefficient (Wildman–Crippen LogP) is 3.75. The molecular weight excluding hydrogens is 211 g/mol. The Labute approximate surface area is 74.3 Å². The number of alkyl halides is 1. The molecule has 54 valence electrons. The maximum Gasteiger partial charge on any atom is 0.0568 e. The SMILES string of the molecule is CC(Cl)c1ccccc1Br. The van der Waals surface area contributed by atoms with Crippen molar-refractivity contribution in [3.8, 4) is 0 Å². The van der Waals surface area contributed by atoms with Crippen molar-refractivity contribution in [3.05, 3.63) is 34.3 Å². The number of benzene rings is 1. The van der Waals surface area contributed by atoms with E-state index in [9.17, 15) is 0 Å². The monoisotopic (exact) mass is 218 g/mol. The Morgan fingerprint density at radius 1 is 1.40 bits per heavy atom. The quantitative estimate of drug-likeness (QED) is 0.631. The van der Waals surface area contributed by atoms with E-state index in [-0.39, 0.29) is 5.38 Å². The minimum absolute atomic E-state index is 0.0792. The minimum Gasteiger partial charge on any atom is -0.118 e. The molecule has 0 aliphatic carbocycles. The van der Waals surface area contributed by atoms with Crippen LogP contribution in [0.2, 0.25) is 0 Å². The Balaban J connectivity index is 3.03. The van der Waals surface area contributed by atoms with E-state index < -0.39 is 0 Å². The van der Waals surface area contributed by atoms with Crippen molar-refractivity contribution in [2.75, 3.05) is 0 Å². The van der Waals surface area contributed by atoms with Crippen LogP contribution in [0.15, 0.2) is 28.7 Å². The topological polar surface area (TPSA) is 0 Å². The first-order valence-corrected chi connectivity index (χ1v) is 4.33. The van der Waals surface area contributed by atoms with Crippen LogP contribution in [-0.4, -0.2) is 0 Å². The second-order valence-corrected chi connectivity index (χ2v) is 3.65. The van der Waals surface area contributed by atoms with Crippen LogP contribution in [0.3, 0.4) is 0 Å². The standard InChI is InChI=1S/C8H8BrCl/c1-6(10)7-4-2-3-5-8(7)9/h2-6H,1H3. The van der Waals surface area contributed by atoms with E-state index in [0.717, 1.165) is 10.0 Å². The molecule has 0 spiro atoms. The Bertz CT molecular complexity index is 220. The molecule has 0 saturated carbocycles. The van der Waals surface area contributed by atoms with Crippen LogP contribution >= 0.6 is 27.5 Å². The zero-order chi connectivity index (χ0) is 7.56. The highest BCUT2D eigenvalue weighted by Gasteiger charge is 2.02. The van der Waals surface area contributed by atoms with Gasteiger partial charge in [0.15, 0.2) is 0 Å². The second-order valence-electron chi connectivity index (χ2n) is 2.14. The van der Waals surface area contributed by atoms with Gasteiger partial charge in [-0.3, -0.25) is 0 Å². The van der Waals surface area contributed by atoms with Crippen LogP contribution in [0, 0.1) is 0 Å². The summed E-state index contributed by atoms with van der Waals surface area (Å²) in [7, 11) is 0. The van der Waals surface area contributed by atoms with E-state index in [0.29, 0.717) is 0 Å². The first-order chi connectivity index (χ1) is 4.72. The van der Waals surface area contributed by atoms with E-state index >= 15 is 0 Å². The number of rotatable bonds is 1. The molecule has 0 N–H and O–H groups in total. The molecule has 0 fully saturated rings. The molecule has 0 aliphatic heterocycles. The minimum atomic E-state index is 0.0792. The van der Waals surface area contributed by atoms with Gasteiger partial charge in [0, 0.05) is 4.47 Å². The zero-order valence-electron chi connectivity index (χ0n) is 5.64. The molecule has 1 aromatic rings. The van der Waals surface area contributed by atoms with Crippen molar-refractivity contribution in [2.24, 2.45) is 0 Å². The smallest absolute Gasteiger partial charge is 0.0568 e. The van der Waals surface area contributed by atoms with Gasteiger partial charge in [0.25, 0.3) is 0 Å². The Morgan fingerprint density at radius 3 is 2.40 bits per heavy atom. The fraction of sp³-hybridized carbons (Fsp3) is 0.250. The summed E-state index contributed by atoms with van der Waals surface area (Å²) < 4.78 is 1.08. The molecule has 0 amide bonds. The van der Waals surface area contributed by atoms with Gasteiger partial charge >= 0.3 is 0 Å². The maximum absolute atomic E-state index is 5.88. The van der Waals surface area contributed by atoms with Crippen LogP contribution in [0.5, 0.6) is 0 Å². The number of halogens is 2. The summed E-state index contributed by atoms with van der Waals surface area (Å²) in [6, 6.07) is 7.97. The third-order valence-electron chi connectivity index (χ3n) is 1.33. The average Bonchev–Trinajstić information content (AvgIpc) is 1.88. The molecule has 0 aromatic heterocycles. The Hall–Kier alpha value is -0.0100. The zero-order valence-corrected chi connectivity index (χ0v) is 7.98. The van der Waals surface area contributed by atoms with Crippen molar-refractivity contribution in [1.29, 1.82) is 0 Å². The number of hydrogen-bond acceptors (Lipinski definition) is 0. The molecule has 0 radical (unpaired) electrons. The summed E-state index contributed by atoms with van der Waals surface area (Å²) in [4.78, 5) is 0. The first-order valence-electron chi connectivity index (χ1n) is 3.10. The van der Waals surface area contributed by atoms with Gasteiger partial charge in [-0.05, 0) is 18.6 Å². The van der Waals surface area contributed by atoms with Crippen molar-refractivity contribution in [3.63, 3.8) is 0 Å². The van der Waals surface area contributed by atoms with E-state index in [4.69, 9.17) is 11.6 Å². The molecule has 0 heterocycles. The predicted molar refractivity (Wildman–Crippen MR) is 48.4 cm³/mol. The maximum atomic E-state index is 5.88. The Kier molecular flexibility index (Phi) is 2.75. The highest BCUT2D eigenvalue weighted by atomic mass is 79.9. The first kappa shape index (κ1) is 8.09. The lowest BCUT2D eigenvalue weighted by Gasteiger charge is -2.04. The van der Waals surface area contributed by atoms with Crippen molar-refractivity contribution in [1.82, 2.24) is 0 Å². The van der Waals surface area contributed by atoms with E-state index in [1.807, 2.05) is 31.2 Å². The lowest BCUT2D eigenvalue weighted by molar-refractivity contribution is 1.07. The third kappa shape index (κ3) is 1.74.